The van der Waals surface area contributed by atoms with Crippen LogP contribution in [-0.4, -0.2) is 34.1 Å². The smallest absolute Gasteiger partial charge is 0.213 e. The predicted molar refractivity (Wildman–Crippen MR) is 96.9 cm³/mol. The van der Waals surface area contributed by atoms with Crippen LogP contribution < -0.4 is 0 Å². The van der Waals surface area contributed by atoms with Crippen molar-refractivity contribution in [2.24, 2.45) is 7.05 Å². The lowest BCUT2D eigenvalue weighted by Crippen LogP contribution is -2.07. The van der Waals surface area contributed by atoms with Gasteiger partial charge in [0.25, 0.3) is 0 Å². The molecule has 0 bridgehead atoms. The van der Waals surface area contributed by atoms with Gasteiger partial charge in [0.1, 0.15) is 22.9 Å². The van der Waals surface area contributed by atoms with Crippen LogP contribution in [0.3, 0.4) is 0 Å². The van der Waals surface area contributed by atoms with Crippen LogP contribution in [-0.2, 0) is 13.6 Å². The van der Waals surface area contributed by atoms with E-state index < -0.39 is 5.95 Å². The Morgan fingerprint density at radius 2 is 1.88 bits per heavy atom. The number of pyridine rings is 1. The van der Waals surface area contributed by atoms with E-state index in [1.54, 1.807) is 24.5 Å². The lowest BCUT2D eigenvalue weighted by Gasteiger charge is -2.07. The van der Waals surface area contributed by atoms with Crippen molar-refractivity contribution in [3.05, 3.63) is 54.4 Å². The van der Waals surface area contributed by atoms with E-state index in [0.29, 0.717) is 23.9 Å². The summed E-state index contributed by atoms with van der Waals surface area (Å²) < 4.78 is 17.2. The number of halogens is 1. The van der Waals surface area contributed by atoms with Crippen molar-refractivity contribution in [2.75, 3.05) is 0 Å². The molecule has 4 aromatic heterocycles. The maximum Gasteiger partial charge on any atom is 0.213 e. The topological polar surface area (TPSA) is 74.3 Å². The third kappa shape index (κ3) is 3.30. The largest absolute Gasteiger partial charge is 0.322 e. The van der Waals surface area contributed by atoms with Crippen LogP contribution in [0.2, 0.25) is 0 Å². The van der Waals surface area contributed by atoms with Crippen LogP contribution in [0.25, 0.3) is 22.7 Å². The van der Waals surface area contributed by atoms with E-state index in [0.717, 1.165) is 17.0 Å². The molecule has 0 aliphatic carbocycles. The van der Waals surface area contributed by atoms with Gasteiger partial charge in [-0.05, 0) is 19.1 Å². The molecule has 0 unspecified atom stereocenters. The molecule has 0 aliphatic heterocycles. The highest BCUT2D eigenvalue weighted by Crippen LogP contribution is 2.18. The fourth-order valence-corrected chi connectivity index (χ4v) is 2.61. The van der Waals surface area contributed by atoms with Gasteiger partial charge in [-0.25, -0.2) is 24.9 Å². The lowest BCUT2D eigenvalue weighted by molar-refractivity contribution is 0.584. The molecule has 0 aromatic carbocycles. The zero-order chi connectivity index (χ0) is 18.7. The van der Waals surface area contributed by atoms with Gasteiger partial charge in [0.15, 0.2) is 11.5 Å². The first kappa shape index (κ1) is 17.7. The first-order valence-electron chi connectivity index (χ1n) is 8.41. The average molecular weight is 353 g/mol. The van der Waals surface area contributed by atoms with Crippen molar-refractivity contribution >= 4 is 11.2 Å². The first-order chi connectivity index (χ1) is 12.6. The first-order valence-corrected chi connectivity index (χ1v) is 8.41. The molecule has 4 rings (SSSR count). The van der Waals surface area contributed by atoms with Crippen molar-refractivity contribution in [1.82, 2.24) is 34.1 Å². The van der Waals surface area contributed by atoms with Gasteiger partial charge in [-0.3, -0.25) is 0 Å². The Labute approximate surface area is 150 Å². The Bertz CT molecular complexity index is 1040. The number of fused-ring (bicyclic) bond motifs is 1. The molecule has 0 spiro atoms. The molecular weight excluding hydrogens is 333 g/mol. The molecule has 0 atom stereocenters. The molecule has 26 heavy (non-hydrogen) atoms. The molecule has 0 radical (unpaired) electrons. The highest BCUT2D eigenvalue weighted by Gasteiger charge is 2.14. The predicted octanol–water partition coefficient (Wildman–Crippen LogP) is 3.14. The molecule has 0 saturated heterocycles. The molecule has 4 aromatic rings. The minimum Gasteiger partial charge on any atom is -0.322 e. The van der Waals surface area contributed by atoms with Crippen LogP contribution in [0.4, 0.5) is 4.39 Å². The second-order valence-corrected chi connectivity index (χ2v) is 5.44. The van der Waals surface area contributed by atoms with Gasteiger partial charge in [-0.1, -0.05) is 19.9 Å². The van der Waals surface area contributed by atoms with Gasteiger partial charge in [0.05, 0.1) is 12.7 Å². The van der Waals surface area contributed by atoms with Gasteiger partial charge in [-0.15, -0.1) is 0 Å². The summed E-state index contributed by atoms with van der Waals surface area (Å²) in [5, 5.41) is 0. The van der Waals surface area contributed by atoms with Crippen molar-refractivity contribution in [3.8, 4) is 11.5 Å². The number of nitrogens with zero attached hydrogens (tertiary/aromatic N) is 7. The van der Waals surface area contributed by atoms with Crippen molar-refractivity contribution in [3.63, 3.8) is 0 Å². The lowest BCUT2D eigenvalue weighted by atomic mass is 10.3. The third-order valence-corrected chi connectivity index (χ3v) is 3.80. The Morgan fingerprint density at radius 3 is 2.65 bits per heavy atom. The third-order valence-electron chi connectivity index (χ3n) is 3.80. The van der Waals surface area contributed by atoms with Gasteiger partial charge in [-0.2, -0.15) is 4.39 Å². The van der Waals surface area contributed by atoms with E-state index >= 15 is 0 Å². The summed E-state index contributed by atoms with van der Waals surface area (Å²) in [5.74, 6) is 1.56. The maximum atomic E-state index is 13.4. The Hall–Kier alpha value is -3.16. The van der Waals surface area contributed by atoms with E-state index in [1.165, 1.54) is 6.07 Å². The molecule has 0 N–H and O–H groups in total. The van der Waals surface area contributed by atoms with Crippen molar-refractivity contribution in [1.29, 1.82) is 0 Å². The molecule has 0 fully saturated rings. The van der Waals surface area contributed by atoms with E-state index in [-0.39, 0.29) is 0 Å². The minimum absolute atomic E-state index is 0.472. The van der Waals surface area contributed by atoms with Crippen LogP contribution in [0.5, 0.6) is 0 Å². The Balaban J connectivity index is 0.000000948. The summed E-state index contributed by atoms with van der Waals surface area (Å²) >= 11 is 0. The number of imidazole rings is 2. The fraction of sp³-hybridized carbons (Fsp3) is 0.278. The summed E-state index contributed by atoms with van der Waals surface area (Å²) in [7, 11) is 1.91. The SMILES string of the molecule is CC.Cc1ncc2nc(Cn3ccnc3-c3cccc(F)n3)n(C)c2n1. The summed E-state index contributed by atoms with van der Waals surface area (Å²) in [5.41, 5.74) is 2.00. The van der Waals surface area contributed by atoms with E-state index in [1.807, 2.05) is 43.1 Å². The van der Waals surface area contributed by atoms with Crippen molar-refractivity contribution < 1.29 is 4.39 Å². The number of aryl methyl sites for hydroxylation is 2. The molecule has 0 aliphatic rings. The molecule has 7 nitrogen and oxygen atoms in total. The molecule has 8 heteroatoms. The molecule has 134 valence electrons. The van der Waals surface area contributed by atoms with E-state index in [4.69, 9.17) is 0 Å². The highest BCUT2D eigenvalue weighted by atomic mass is 19.1. The normalized spacial score (nSPS) is 10.7. The minimum atomic E-state index is -0.532. The second kappa shape index (κ2) is 7.38. The van der Waals surface area contributed by atoms with Gasteiger partial charge in [0, 0.05) is 19.4 Å². The van der Waals surface area contributed by atoms with Crippen molar-refractivity contribution in [2.45, 2.75) is 27.3 Å². The van der Waals surface area contributed by atoms with E-state index in [2.05, 4.69) is 24.9 Å². The van der Waals surface area contributed by atoms with Crippen LogP contribution in [0.1, 0.15) is 25.5 Å². The highest BCUT2D eigenvalue weighted by molar-refractivity contribution is 5.70. The number of aromatic nitrogens is 7. The molecular formula is C18H20FN7. The standard InChI is InChI=1S/C16H14FN7.C2H6/c1-10-19-8-12-16(20-10)23(2)14(22-12)9-24-7-6-18-15(24)11-4-3-5-13(17)21-11;1-2/h3-8H,9H2,1-2H3;1-2H3. The Morgan fingerprint density at radius 1 is 1.08 bits per heavy atom. The molecule has 4 heterocycles. The Kier molecular flexibility index (Phi) is 5.01. The van der Waals surface area contributed by atoms with Crippen LogP contribution >= 0.6 is 0 Å². The van der Waals surface area contributed by atoms with Gasteiger partial charge in [0.2, 0.25) is 5.95 Å². The summed E-state index contributed by atoms with van der Waals surface area (Å²) in [6, 6.07) is 4.65. The van der Waals surface area contributed by atoms with Gasteiger partial charge < -0.3 is 9.13 Å². The van der Waals surface area contributed by atoms with E-state index in [9.17, 15) is 4.39 Å². The number of hydrogen-bond acceptors (Lipinski definition) is 5. The average Bonchev–Trinajstić information content (AvgIpc) is 3.23. The summed E-state index contributed by atoms with van der Waals surface area (Å²) in [6.45, 7) is 6.31. The number of hydrogen-bond donors (Lipinski definition) is 0. The maximum absolute atomic E-state index is 13.4. The zero-order valence-corrected chi connectivity index (χ0v) is 15.2. The second-order valence-electron chi connectivity index (χ2n) is 5.44. The summed E-state index contributed by atoms with van der Waals surface area (Å²) in [6.07, 6.45) is 5.19. The molecule has 0 saturated carbocycles. The quantitative estimate of drug-likeness (QED) is 0.529. The van der Waals surface area contributed by atoms with Crippen LogP contribution in [0.15, 0.2) is 36.8 Å². The fourth-order valence-electron chi connectivity index (χ4n) is 2.61. The number of rotatable bonds is 3. The van der Waals surface area contributed by atoms with Gasteiger partial charge >= 0.3 is 0 Å². The molecule has 0 amide bonds. The zero-order valence-electron chi connectivity index (χ0n) is 15.2. The monoisotopic (exact) mass is 353 g/mol. The summed E-state index contributed by atoms with van der Waals surface area (Å²) in [4.78, 5) is 21.4. The van der Waals surface area contributed by atoms with Crippen LogP contribution in [0, 0.1) is 12.9 Å².